The number of benzene rings is 1. The van der Waals surface area contributed by atoms with Gasteiger partial charge in [-0.2, -0.15) is 0 Å². The molecule has 0 aliphatic carbocycles. The van der Waals surface area contributed by atoms with Crippen LogP contribution < -0.4 is 11.0 Å². The van der Waals surface area contributed by atoms with Crippen LogP contribution in [-0.2, 0) is 6.42 Å². The van der Waals surface area contributed by atoms with Gasteiger partial charge < -0.3 is 15.3 Å². The summed E-state index contributed by atoms with van der Waals surface area (Å²) in [5, 5.41) is 9.31. The van der Waals surface area contributed by atoms with Gasteiger partial charge in [0, 0.05) is 12.1 Å². The van der Waals surface area contributed by atoms with E-state index in [2.05, 4.69) is 30.5 Å². The highest BCUT2D eigenvalue weighted by Gasteiger charge is 2.12. The van der Waals surface area contributed by atoms with Gasteiger partial charge in [0.15, 0.2) is 0 Å². The van der Waals surface area contributed by atoms with Crippen LogP contribution in [0.5, 0.6) is 0 Å². The van der Waals surface area contributed by atoms with Crippen LogP contribution in [-0.4, -0.2) is 31.1 Å². The molecule has 0 aliphatic heterocycles. The van der Waals surface area contributed by atoms with E-state index in [-0.39, 0.29) is 11.5 Å². The van der Waals surface area contributed by atoms with Gasteiger partial charge in [0.05, 0.1) is 11.0 Å². The average Bonchev–Trinajstić information content (AvgIpc) is 3.04. The second kappa shape index (κ2) is 5.23. The van der Waals surface area contributed by atoms with Gasteiger partial charge in [0.25, 0.3) is 5.91 Å². The first kappa shape index (κ1) is 13.1. The summed E-state index contributed by atoms with van der Waals surface area (Å²) in [6.07, 6.45) is 1.67. The molecule has 0 saturated heterocycles. The van der Waals surface area contributed by atoms with Crippen molar-refractivity contribution in [3.05, 3.63) is 40.3 Å². The smallest absolute Gasteiger partial charge is 0.319 e. The van der Waals surface area contributed by atoms with Gasteiger partial charge in [-0.25, -0.2) is 9.78 Å². The van der Waals surface area contributed by atoms with Crippen molar-refractivity contribution in [3.63, 3.8) is 0 Å². The van der Waals surface area contributed by atoms with Crippen LogP contribution in [0.15, 0.2) is 23.0 Å². The fourth-order valence-electron chi connectivity index (χ4n) is 2.04. The van der Waals surface area contributed by atoms with Crippen LogP contribution >= 0.6 is 0 Å². The molecular formula is C13H14N6O2. The van der Waals surface area contributed by atoms with E-state index in [0.29, 0.717) is 22.5 Å². The molecule has 0 fully saturated rings. The summed E-state index contributed by atoms with van der Waals surface area (Å²) < 4.78 is 0. The predicted octanol–water partition coefficient (Wildman–Crippen LogP) is 1.18. The van der Waals surface area contributed by atoms with Gasteiger partial charge in [-0.1, -0.05) is 6.92 Å². The number of carbonyl (C=O) groups excluding carboxylic acids is 1. The molecule has 0 bridgehead atoms. The number of fused-ring (bicyclic) bond motifs is 1. The molecular weight excluding hydrogens is 272 g/mol. The Balaban J connectivity index is 1.79. The average molecular weight is 286 g/mol. The Morgan fingerprint density at radius 1 is 1.29 bits per heavy atom. The number of amides is 1. The van der Waals surface area contributed by atoms with E-state index >= 15 is 0 Å². The van der Waals surface area contributed by atoms with Gasteiger partial charge in [-0.3, -0.25) is 9.89 Å². The fraction of sp³-hybridized carbons (Fsp3) is 0.231. The number of anilines is 1. The zero-order valence-corrected chi connectivity index (χ0v) is 11.4. The third-order valence-electron chi connectivity index (χ3n) is 3.00. The fourth-order valence-corrected chi connectivity index (χ4v) is 2.04. The van der Waals surface area contributed by atoms with Crippen molar-refractivity contribution >= 4 is 22.6 Å². The van der Waals surface area contributed by atoms with Crippen LogP contribution in [0.2, 0.25) is 0 Å². The molecule has 4 N–H and O–H groups in total. The quantitative estimate of drug-likeness (QED) is 0.575. The number of hydrogen-bond acceptors (Lipinski definition) is 4. The molecule has 8 heteroatoms. The Bertz CT molecular complexity index is 844. The second-order valence-corrected chi connectivity index (χ2v) is 4.65. The van der Waals surface area contributed by atoms with Gasteiger partial charge in [-0.05, 0) is 24.6 Å². The van der Waals surface area contributed by atoms with Crippen molar-refractivity contribution < 1.29 is 4.79 Å². The summed E-state index contributed by atoms with van der Waals surface area (Å²) in [5.41, 5.74) is 1.58. The lowest BCUT2D eigenvalue weighted by Gasteiger charge is -2.02. The maximum absolute atomic E-state index is 12.0. The Morgan fingerprint density at radius 3 is 2.90 bits per heavy atom. The summed E-state index contributed by atoms with van der Waals surface area (Å²) in [6.45, 7) is 2.02. The molecule has 3 aromatic rings. The lowest BCUT2D eigenvalue weighted by molar-refractivity contribution is 0.101. The van der Waals surface area contributed by atoms with E-state index in [9.17, 15) is 9.59 Å². The molecule has 3 rings (SSSR count). The highest BCUT2D eigenvalue weighted by molar-refractivity contribution is 6.02. The minimum Gasteiger partial charge on any atom is -0.319 e. The first-order valence-electron chi connectivity index (χ1n) is 6.60. The Labute approximate surface area is 119 Å². The summed E-state index contributed by atoms with van der Waals surface area (Å²) in [5.74, 6) is 0.389. The maximum atomic E-state index is 12.0. The molecule has 0 unspecified atom stereocenters. The molecule has 2 aromatic heterocycles. The summed E-state index contributed by atoms with van der Waals surface area (Å²) in [7, 11) is 0. The van der Waals surface area contributed by atoms with Crippen molar-refractivity contribution in [3.8, 4) is 0 Å². The lowest BCUT2D eigenvalue weighted by Crippen LogP contribution is -2.13. The molecule has 0 radical (unpaired) electrons. The number of H-pyrrole nitrogens is 3. The largest absolute Gasteiger partial charge is 0.323 e. The van der Waals surface area contributed by atoms with Crippen LogP contribution in [0.1, 0.15) is 29.8 Å². The zero-order chi connectivity index (χ0) is 14.8. The van der Waals surface area contributed by atoms with E-state index in [4.69, 9.17) is 0 Å². The standard InChI is InChI=1S/C13H14N6O2/c1-2-3-10-17-11(19-18-10)12(20)14-7-4-5-8-9(6-7)16-13(21)15-8/h4-6H,2-3H2,1H3,(H,14,20)(H2,15,16,21)(H,17,18,19). The van der Waals surface area contributed by atoms with Gasteiger partial charge in [0.1, 0.15) is 5.82 Å². The number of aryl methyl sites for hydroxylation is 1. The van der Waals surface area contributed by atoms with Crippen molar-refractivity contribution in [2.75, 3.05) is 5.32 Å². The van der Waals surface area contributed by atoms with E-state index in [0.717, 1.165) is 12.8 Å². The second-order valence-electron chi connectivity index (χ2n) is 4.65. The van der Waals surface area contributed by atoms with Crippen LogP contribution in [0.25, 0.3) is 11.0 Å². The molecule has 1 amide bonds. The van der Waals surface area contributed by atoms with E-state index in [1.807, 2.05) is 6.92 Å². The number of hydrogen-bond donors (Lipinski definition) is 4. The van der Waals surface area contributed by atoms with Gasteiger partial charge in [0.2, 0.25) is 5.82 Å². The van der Waals surface area contributed by atoms with Crippen LogP contribution in [0.4, 0.5) is 5.69 Å². The minimum atomic E-state index is -0.397. The third-order valence-corrected chi connectivity index (χ3v) is 3.00. The number of aromatic amines is 3. The predicted molar refractivity (Wildman–Crippen MR) is 77.3 cm³/mol. The number of nitrogens with zero attached hydrogens (tertiary/aromatic N) is 2. The van der Waals surface area contributed by atoms with E-state index in [1.54, 1.807) is 18.2 Å². The van der Waals surface area contributed by atoms with Crippen LogP contribution in [0, 0.1) is 0 Å². The number of aromatic nitrogens is 5. The van der Waals surface area contributed by atoms with E-state index in [1.165, 1.54) is 0 Å². The molecule has 2 heterocycles. The Morgan fingerprint density at radius 2 is 2.10 bits per heavy atom. The van der Waals surface area contributed by atoms with Gasteiger partial charge in [-0.15, -0.1) is 5.10 Å². The topological polar surface area (TPSA) is 119 Å². The van der Waals surface area contributed by atoms with Crippen molar-refractivity contribution in [2.24, 2.45) is 0 Å². The van der Waals surface area contributed by atoms with E-state index < -0.39 is 5.91 Å². The van der Waals surface area contributed by atoms with Crippen molar-refractivity contribution in [1.82, 2.24) is 25.1 Å². The molecule has 108 valence electrons. The SMILES string of the molecule is CCCc1nc(C(=O)Nc2ccc3[nH]c(=O)[nH]c3c2)n[nH]1. The number of carbonyl (C=O) groups is 1. The van der Waals surface area contributed by atoms with Gasteiger partial charge >= 0.3 is 5.69 Å². The molecule has 0 spiro atoms. The van der Waals surface area contributed by atoms with Crippen molar-refractivity contribution in [2.45, 2.75) is 19.8 Å². The molecule has 0 saturated carbocycles. The molecule has 0 atom stereocenters. The highest BCUT2D eigenvalue weighted by Crippen LogP contribution is 2.15. The lowest BCUT2D eigenvalue weighted by atomic mass is 10.2. The normalized spacial score (nSPS) is 10.9. The molecule has 8 nitrogen and oxygen atoms in total. The number of imidazole rings is 1. The maximum Gasteiger partial charge on any atom is 0.323 e. The Kier molecular flexibility index (Phi) is 3.27. The third kappa shape index (κ3) is 2.69. The van der Waals surface area contributed by atoms with Crippen LogP contribution in [0.3, 0.4) is 0 Å². The summed E-state index contributed by atoms with van der Waals surface area (Å²) in [6, 6.07) is 5.08. The number of rotatable bonds is 4. The molecule has 21 heavy (non-hydrogen) atoms. The van der Waals surface area contributed by atoms with Crippen molar-refractivity contribution in [1.29, 1.82) is 0 Å². The zero-order valence-electron chi connectivity index (χ0n) is 11.4. The monoisotopic (exact) mass is 286 g/mol. The number of nitrogens with one attached hydrogen (secondary N) is 4. The Hall–Kier alpha value is -2.90. The molecule has 1 aromatic carbocycles. The summed E-state index contributed by atoms with van der Waals surface area (Å²) in [4.78, 5) is 32.6. The molecule has 0 aliphatic rings. The highest BCUT2D eigenvalue weighted by atomic mass is 16.2. The summed E-state index contributed by atoms with van der Waals surface area (Å²) >= 11 is 0. The first-order valence-corrected chi connectivity index (χ1v) is 6.60. The first-order chi connectivity index (χ1) is 10.2. The minimum absolute atomic E-state index is 0.0982.